The second-order valence-electron chi connectivity index (χ2n) is 7.33. The molecule has 0 aliphatic heterocycles. The van der Waals surface area contributed by atoms with Crippen molar-refractivity contribution in [1.29, 1.82) is 0 Å². The molecule has 1 N–H and O–H groups in total. The molecule has 1 aromatic heterocycles. The molecule has 0 radical (unpaired) electrons. The van der Waals surface area contributed by atoms with E-state index in [1.807, 2.05) is 74.5 Å². The van der Waals surface area contributed by atoms with Gasteiger partial charge in [-0.05, 0) is 43.2 Å². The molecule has 0 atom stereocenters. The van der Waals surface area contributed by atoms with Gasteiger partial charge in [-0.15, -0.1) is 0 Å². The van der Waals surface area contributed by atoms with Crippen LogP contribution in [0.1, 0.15) is 16.7 Å². The Kier molecular flexibility index (Phi) is 6.47. The predicted octanol–water partition coefficient (Wildman–Crippen LogP) is 4.24. The number of carbonyl (C=O) groups excluding carboxylic acids is 1. The van der Waals surface area contributed by atoms with Crippen molar-refractivity contribution in [3.63, 3.8) is 0 Å². The number of rotatable bonds is 6. The molecule has 1 amide bonds. The highest BCUT2D eigenvalue weighted by Gasteiger charge is 2.15. The van der Waals surface area contributed by atoms with Crippen molar-refractivity contribution in [2.75, 3.05) is 5.75 Å². The summed E-state index contributed by atoms with van der Waals surface area (Å²) >= 11 is 1.20. The van der Waals surface area contributed by atoms with E-state index in [-0.39, 0.29) is 17.2 Å². The topological polar surface area (TPSA) is 76.3 Å². The molecule has 7 heteroatoms. The van der Waals surface area contributed by atoms with E-state index in [4.69, 9.17) is 0 Å². The smallest absolute Gasteiger partial charge is 0.266 e. The highest BCUT2D eigenvalue weighted by atomic mass is 32.2. The summed E-state index contributed by atoms with van der Waals surface area (Å²) in [6.07, 6.45) is 1.60. The summed E-state index contributed by atoms with van der Waals surface area (Å²) in [5, 5.41) is 5.02. The molecule has 4 rings (SSSR count). The average molecular weight is 443 g/mol. The molecule has 0 unspecified atom stereocenters. The lowest BCUT2D eigenvalue weighted by Crippen LogP contribution is -2.24. The Morgan fingerprint density at radius 1 is 1.06 bits per heavy atom. The molecule has 0 fully saturated rings. The van der Waals surface area contributed by atoms with Crippen LogP contribution in [0.2, 0.25) is 0 Å². The van der Waals surface area contributed by atoms with Gasteiger partial charge in [0.1, 0.15) is 0 Å². The number of hydrogen-bond donors (Lipinski definition) is 1. The van der Waals surface area contributed by atoms with Crippen molar-refractivity contribution in [2.24, 2.45) is 5.10 Å². The zero-order valence-electron chi connectivity index (χ0n) is 17.8. The van der Waals surface area contributed by atoms with Gasteiger partial charge in [0.05, 0.1) is 28.6 Å². The fraction of sp³-hybridized carbons (Fsp3) is 0.120. The minimum Gasteiger partial charge on any atom is -0.272 e. The minimum atomic E-state index is -0.280. The fourth-order valence-electron chi connectivity index (χ4n) is 3.33. The Morgan fingerprint density at radius 2 is 1.84 bits per heavy atom. The highest BCUT2D eigenvalue weighted by Crippen LogP contribution is 2.23. The molecule has 0 saturated heterocycles. The number of hydrazone groups is 1. The van der Waals surface area contributed by atoms with Crippen molar-refractivity contribution in [1.82, 2.24) is 15.0 Å². The van der Waals surface area contributed by atoms with Crippen LogP contribution in [0, 0.1) is 13.8 Å². The van der Waals surface area contributed by atoms with Crippen LogP contribution in [0.15, 0.2) is 87.8 Å². The molecule has 0 aliphatic carbocycles. The van der Waals surface area contributed by atoms with Gasteiger partial charge in [-0.3, -0.25) is 14.2 Å². The summed E-state index contributed by atoms with van der Waals surface area (Å²) in [6, 6.07) is 22.7. The van der Waals surface area contributed by atoms with Crippen molar-refractivity contribution < 1.29 is 4.79 Å². The quantitative estimate of drug-likeness (QED) is 0.210. The van der Waals surface area contributed by atoms with E-state index in [1.165, 1.54) is 11.8 Å². The van der Waals surface area contributed by atoms with E-state index in [9.17, 15) is 9.59 Å². The maximum absolute atomic E-state index is 13.3. The summed E-state index contributed by atoms with van der Waals surface area (Å²) in [5.41, 5.74) is 6.69. The largest absolute Gasteiger partial charge is 0.272 e. The number of nitrogens with zero attached hydrogens (tertiary/aromatic N) is 3. The van der Waals surface area contributed by atoms with Crippen LogP contribution in [0.25, 0.3) is 16.6 Å². The number of amides is 1. The average Bonchev–Trinajstić information content (AvgIpc) is 2.79. The maximum Gasteiger partial charge on any atom is 0.266 e. The fourth-order valence-corrected chi connectivity index (χ4v) is 4.13. The molecule has 4 aromatic rings. The molecule has 0 saturated carbocycles. The van der Waals surface area contributed by atoms with Gasteiger partial charge in [-0.2, -0.15) is 5.10 Å². The standard InChI is InChI=1S/C25H22N4O2S/c1-17-8-7-10-19(14-17)15-26-28-23(30)16-32-25-27-21-12-5-4-11-20(21)24(31)29(25)22-13-6-3-9-18(22)2/h3-15H,16H2,1-2H3,(H,28,30)/b26-15+. The molecule has 6 nitrogen and oxygen atoms in total. The van der Waals surface area contributed by atoms with E-state index >= 15 is 0 Å². The van der Waals surface area contributed by atoms with Crippen LogP contribution in [0.3, 0.4) is 0 Å². The number of carbonyl (C=O) groups is 1. The first-order valence-electron chi connectivity index (χ1n) is 10.1. The molecule has 1 heterocycles. The van der Waals surface area contributed by atoms with E-state index < -0.39 is 0 Å². The number of aryl methyl sites for hydroxylation is 2. The minimum absolute atomic E-state index is 0.0712. The van der Waals surface area contributed by atoms with Gasteiger partial charge < -0.3 is 0 Å². The van der Waals surface area contributed by atoms with Gasteiger partial charge in [0.15, 0.2) is 5.16 Å². The van der Waals surface area contributed by atoms with Gasteiger partial charge in [-0.25, -0.2) is 10.4 Å². The van der Waals surface area contributed by atoms with Crippen molar-refractivity contribution in [2.45, 2.75) is 19.0 Å². The monoisotopic (exact) mass is 442 g/mol. The van der Waals surface area contributed by atoms with Gasteiger partial charge in [-0.1, -0.05) is 71.9 Å². The molecule has 0 spiro atoms. The molecule has 160 valence electrons. The lowest BCUT2D eigenvalue weighted by atomic mass is 10.2. The summed E-state index contributed by atoms with van der Waals surface area (Å²) in [6.45, 7) is 3.94. The lowest BCUT2D eigenvalue weighted by molar-refractivity contribution is -0.118. The van der Waals surface area contributed by atoms with Crippen LogP contribution in [-0.4, -0.2) is 27.4 Å². The van der Waals surface area contributed by atoms with E-state index in [0.29, 0.717) is 16.1 Å². The Hall–Kier alpha value is -3.71. The third-order valence-corrected chi connectivity index (χ3v) is 5.82. The van der Waals surface area contributed by atoms with Crippen LogP contribution < -0.4 is 11.0 Å². The Labute approximate surface area is 190 Å². The summed E-state index contributed by atoms with van der Waals surface area (Å²) in [7, 11) is 0. The van der Waals surface area contributed by atoms with Crippen LogP contribution in [0.5, 0.6) is 0 Å². The third-order valence-electron chi connectivity index (χ3n) is 4.88. The first kappa shape index (κ1) is 21.5. The zero-order valence-corrected chi connectivity index (χ0v) is 18.6. The van der Waals surface area contributed by atoms with E-state index in [0.717, 1.165) is 22.4 Å². The van der Waals surface area contributed by atoms with Gasteiger partial charge in [0.2, 0.25) is 0 Å². The van der Waals surface area contributed by atoms with Crippen LogP contribution in [0.4, 0.5) is 0 Å². The second-order valence-corrected chi connectivity index (χ2v) is 8.28. The molecule has 0 aliphatic rings. The summed E-state index contributed by atoms with van der Waals surface area (Å²) < 4.78 is 1.58. The molecular weight excluding hydrogens is 420 g/mol. The number of thioether (sulfide) groups is 1. The molecule has 0 bridgehead atoms. The van der Waals surface area contributed by atoms with Gasteiger partial charge in [0, 0.05) is 0 Å². The van der Waals surface area contributed by atoms with E-state index in [1.54, 1.807) is 22.9 Å². The third kappa shape index (κ3) is 4.78. The Balaban J connectivity index is 1.58. The number of nitrogens with one attached hydrogen (secondary N) is 1. The Bertz CT molecular complexity index is 1380. The van der Waals surface area contributed by atoms with E-state index in [2.05, 4.69) is 15.5 Å². The predicted molar refractivity (Wildman–Crippen MR) is 130 cm³/mol. The van der Waals surface area contributed by atoms with Crippen molar-refractivity contribution in [3.8, 4) is 5.69 Å². The maximum atomic E-state index is 13.3. The highest BCUT2D eigenvalue weighted by molar-refractivity contribution is 7.99. The SMILES string of the molecule is Cc1cccc(/C=N/NC(=O)CSc2nc3ccccc3c(=O)n2-c2ccccc2C)c1. The van der Waals surface area contributed by atoms with Crippen LogP contribution in [-0.2, 0) is 4.79 Å². The number of para-hydroxylation sites is 2. The second kappa shape index (κ2) is 9.62. The van der Waals surface area contributed by atoms with Crippen molar-refractivity contribution in [3.05, 3.63) is 99.8 Å². The zero-order chi connectivity index (χ0) is 22.5. The normalized spacial score (nSPS) is 11.2. The first-order chi connectivity index (χ1) is 15.5. The molecule has 3 aromatic carbocycles. The van der Waals surface area contributed by atoms with Crippen LogP contribution >= 0.6 is 11.8 Å². The van der Waals surface area contributed by atoms with Gasteiger partial charge in [0.25, 0.3) is 11.5 Å². The summed E-state index contributed by atoms with van der Waals surface area (Å²) in [4.78, 5) is 30.3. The number of hydrogen-bond acceptors (Lipinski definition) is 5. The van der Waals surface area contributed by atoms with Crippen molar-refractivity contribution >= 4 is 34.8 Å². The number of aromatic nitrogens is 2. The lowest BCUT2D eigenvalue weighted by Gasteiger charge is -2.14. The Morgan fingerprint density at radius 3 is 2.66 bits per heavy atom. The summed E-state index contributed by atoms with van der Waals surface area (Å²) in [5.74, 6) is -0.209. The number of fused-ring (bicyclic) bond motifs is 1. The molecular formula is C25H22N4O2S. The number of benzene rings is 3. The molecule has 32 heavy (non-hydrogen) atoms. The van der Waals surface area contributed by atoms with Gasteiger partial charge >= 0.3 is 0 Å². The first-order valence-corrected chi connectivity index (χ1v) is 11.1.